The molecule has 3 aromatic carbocycles. The van der Waals surface area contributed by atoms with Gasteiger partial charge in [0.05, 0.1) is 7.11 Å². The minimum atomic E-state index is -0.214. The predicted molar refractivity (Wildman–Crippen MR) is 135 cm³/mol. The largest absolute Gasteiger partial charge is 0.497 e. The molecule has 1 aliphatic heterocycles. The Balaban J connectivity index is 1.50. The van der Waals surface area contributed by atoms with Crippen molar-refractivity contribution in [1.29, 1.82) is 0 Å². The summed E-state index contributed by atoms with van der Waals surface area (Å²) < 4.78 is 5.38. The number of allylic oxidation sites excluding steroid dienone is 1. The van der Waals surface area contributed by atoms with E-state index in [-0.39, 0.29) is 17.2 Å². The normalized spacial score (nSPS) is 15.2. The zero-order valence-electron chi connectivity index (χ0n) is 19.4. The second kappa shape index (κ2) is 9.74. The maximum absolute atomic E-state index is 13.1. The Labute approximate surface area is 204 Å². The van der Waals surface area contributed by atoms with Crippen LogP contribution in [-0.4, -0.2) is 24.3 Å². The van der Waals surface area contributed by atoms with Gasteiger partial charge in [0, 0.05) is 45.6 Å². The van der Waals surface area contributed by atoms with Gasteiger partial charge < -0.3 is 15.4 Å². The van der Waals surface area contributed by atoms with Gasteiger partial charge >= 0.3 is 0 Å². The lowest BCUT2D eigenvalue weighted by Gasteiger charge is -2.35. The molecule has 0 atom stereocenters. The smallest absolute Gasteiger partial charge is 0.251 e. The third-order valence-electron chi connectivity index (χ3n) is 5.76. The molecule has 1 amide bonds. The fourth-order valence-electron chi connectivity index (χ4n) is 4.09. The monoisotopic (exact) mass is 474 g/mol. The van der Waals surface area contributed by atoms with Crippen molar-refractivity contribution in [3.8, 4) is 5.75 Å². The van der Waals surface area contributed by atoms with Crippen LogP contribution in [0.25, 0.3) is 5.70 Å². The van der Waals surface area contributed by atoms with Crippen LogP contribution in [0.2, 0.25) is 5.02 Å². The second-order valence-corrected chi connectivity index (χ2v) is 9.46. The summed E-state index contributed by atoms with van der Waals surface area (Å²) in [5.41, 5.74) is 4.61. The maximum atomic E-state index is 13.1. The molecule has 0 unspecified atom stereocenters. The molecular formula is C28H27ClN2O3. The number of carbonyl (C=O) groups excluding carboxylic acids is 2. The van der Waals surface area contributed by atoms with Crippen molar-refractivity contribution in [2.45, 2.75) is 32.4 Å². The maximum Gasteiger partial charge on any atom is 0.251 e. The highest BCUT2D eigenvalue weighted by Gasteiger charge is 2.28. The highest BCUT2D eigenvalue weighted by atomic mass is 35.5. The molecule has 5 nitrogen and oxygen atoms in total. The van der Waals surface area contributed by atoms with Gasteiger partial charge in [-0.05, 0) is 67.8 Å². The number of fused-ring (bicyclic) bond motifs is 1. The van der Waals surface area contributed by atoms with Crippen LogP contribution in [0, 0.1) is 0 Å². The van der Waals surface area contributed by atoms with Gasteiger partial charge in [-0.15, -0.1) is 0 Å². The second-order valence-electron chi connectivity index (χ2n) is 9.02. The number of nitrogens with one attached hydrogen (secondary N) is 2. The topological polar surface area (TPSA) is 67.4 Å². The number of amides is 1. The van der Waals surface area contributed by atoms with Gasteiger partial charge in [-0.2, -0.15) is 0 Å². The minimum Gasteiger partial charge on any atom is -0.497 e. The third-order valence-corrected chi connectivity index (χ3v) is 6.00. The van der Waals surface area contributed by atoms with Gasteiger partial charge in [-0.1, -0.05) is 41.9 Å². The Morgan fingerprint density at radius 3 is 2.50 bits per heavy atom. The van der Waals surface area contributed by atoms with Gasteiger partial charge in [0.1, 0.15) is 5.75 Å². The van der Waals surface area contributed by atoms with Crippen LogP contribution in [0.3, 0.4) is 0 Å². The molecule has 2 N–H and O–H groups in total. The van der Waals surface area contributed by atoms with E-state index in [1.807, 2.05) is 36.4 Å². The van der Waals surface area contributed by atoms with Crippen LogP contribution in [0.4, 0.5) is 0 Å². The summed E-state index contributed by atoms with van der Waals surface area (Å²) in [7, 11) is 1.63. The molecule has 3 aromatic rings. The molecule has 4 rings (SSSR count). The summed E-state index contributed by atoms with van der Waals surface area (Å²) in [4.78, 5) is 25.6. The van der Waals surface area contributed by atoms with E-state index in [1.165, 1.54) is 0 Å². The van der Waals surface area contributed by atoms with Crippen molar-refractivity contribution in [3.05, 3.63) is 106 Å². The predicted octanol–water partition coefficient (Wildman–Crippen LogP) is 5.43. The van der Waals surface area contributed by atoms with Gasteiger partial charge in [0.15, 0.2) is 5.78 Å². The molecule has 0 saturated heterocycles. The number of hydrogen-bond donors (Lipinski definition) is 2. The fourth-order valence-corrected chi connectivity index (χ4v) is 4.30. The number of carbonyl (C=O) groups is 2. The van der Waals surface area contributed by atoms with Crippen molar-refractivity contribution in [2.24, 2.45) is 0 Å². The van der Waals surface area contributed by atoms with Crippen LogP contribution in [0.5, 0.6) is 5.75 Å². The summed E-state index contributed by atoms with van der Waals surface area (Å²) in [6.45, 7) is 4.58. The highest BCUT2D eigenvalue weighted by Crippen LogP contribution is 2.32. The molecule has 1 heterocycles. The lowest BCUT2D eigenvalue weighted by Crippen LogP contribution is -2.43. The number of methoxy groups -OCH3 is 1. The summed E-state index contributed by atoms with van der Waals surface area (Å²) >= 11 is 5.99. The molecule has 174 valence electrons. The molecular weight excluding hydrogens is 448 g/mol. The zero-order chi connectivity index (χ0) is 24.3. The Kier molecular flexibility index (Phi) is 6.75. The molecule has 0 aliphatic carbocycles. The summed E-state index contributed by atoms with van der Waals surface area (Å²) in [5, 5.41) is 6.97. The average molecular weight is 475 g/mol. The first-order chi connectivity index (χ1) is 16.2. The molecule has 0 fully saturated rings. The lowest BCUT2D eigenvalue weighted by atomic mass is 9.85. The molecule has 0 saturated carbocycles. The van der Waals surface area contributed by atoms with E-state index in [1.54, 1.807) is 43.5 Å². The van der Waals surface area contributed by atoms with Gasteiger partial charge in [0.2, 0.25) is 0 Å². The molecule has 0 radical (unpaired) electrons. The number of rotatable bonds is 6. The Morgan fingerprint density at radius 1 is 1.06 bits per heavy atom. The molecule has 0 spiro atoms. The van der Waals surface area contributed by atoms with E-state index in [0.717, 1.165) is 34.6 Å². The highest BCUT2D eigenvalue weighted by molar-refractivity contribution is 6.30. The zero-order valence-corrected chi connectivity index (χ0v) is 20.2. The lowest BCUT2D eigenvalue weighted by molar-refractivity contribution is 0.0949. The van der Waals surface area contributed by atoms with E-state index in [4.69, 9.17) is 16.3 Å². The molecule has 1 aliphatic rings. The first-order valence-electron chi connectivity index (χ1n) is 11.1. The van der Waals surface area contributed by atoms with E-state index >= 15 is 0 Å². The van der Waals surface area contributed by atoms with Gasteiger partial charge in [0.25, 0.3) is 5.91 Å². The van der Waals surface area contributed by atoms with Crippen molar-refractivity contribution in [3.63, 3.8) is 0 Å². The van der Waals surface area contributed by atoms with Crippen LogP contribution >= 0.6 is 11.6 Å². The van der Waals surface area contributed by atoms with E-state index < -0.39 is 0 Å². The fraction of sp³-hybridized carbons (Fsp3) is 0.214. The Bertz CT molecular complexity index is 1260. The van der Waals surface area contributed by atoms with E-state index in [2.05, 4.69) is 24.5 Å². The van der Waals surface area contributed by atoms with Crippen LogP contribution in [0.15, 0.2) is 72.8 Å². The van der Waals surface area contributed by atoms with Crippen molar-refractivity contribution < 1.29 is 14.3 Å². The van der Waals surface area contributed by atoms with E-state index in [0.29, 0.717) is 22.7 Å². The molecule has 0 bridgehead atoms. The number of benzene rings is 3. The van der Waals surface area contributed by atoms with Gasteiger partial charge in [-0.25, -0.2) is 0 Å². The van der Waals surface area contributed by atoms with Crippen LogP contribution in [0.1, 0.15) is 51.3 Å². The van der Waals surface area contributed by atoms with Crippen LogP contribution in [-0.2, 0) is 13.0 Å². The molecule has 6 heteroatoms. The Morgan fingerprint density at radius 2 is 1.79 bits per heavy atom. The van der Waals surface area contributed by atoms with Crippen molar-refractivity contribution in [1.82, 2.24) is 10.6 Å². The summed E-state index contributed by atoms with van der Waals surface area (Å²) in [5.74, 6) is 0.389. The molecule has 34 heavy (non-hydrogen) atoms. The van der Waals surface area contributed by atoms with Gasteiger partial charge in [-0.3, -0.25) is 9.59 Å². The number of ketones is 1. The first-order valence-corrected chi connectivity index (χ1v) is 11.5. The molecule has 0 aromatic heterocycles. The van der Waals surface area contributed by atoms with Crippen molar-refractivity contribution >= 4 is 29.0 Å². The number of halogens is 1. The van der Waals surface area contributed by atoms with E-state index in [9.17, 15) is 9.59 Å². The number of hydrogen-bond acceptors (Lipinski definition) is 4. The van der Waals surface area contributed by atoms with Crippen LogP contribution < -0.4 is 15.4 Å². The minimum absolute atomic E-state index is 0.139. The first kappa shape index (κ1) is 23.6. The number of ether oxygens (including phenoxy) is 1. The quantitative estimate of drug-likeness (QED) is 0.369. The third kappa shape index (κ3) is 5.49. The Hall–Kier alpha value is -3.57. The van der Waals surface area contributed by atoms with Crippen molar-refractivity contribution in [2.75, 3.05) is 7.11 Å². The standard InChI is InChI=1S/C28H27ClN2O3/c1-28(2)16-21-11-12-23(34-3)14-24(21)25(31-28)15-26(32)19-7-9-20(10-8-19)27(33)30-17-18-5-4-6-22(29)13-18/h4-15,31H,16-17H2,1-3H3,(H,30,33). The SMILES string of the molecule is COc1ccc2c(c1)C(=CC(=O)c1ccc(C(=O)NCc3cccc(Cl)c3)cc1)NC(C)(C)C2. The average Bonchev–Trinajstić information content (AvgIpc) is 2.82. The summed E-state index contributed by atoms with van der Waals surface area (Å²) in [6.07, 6.45) is 2.46. The summed E-state index contributed by atoms with van der Waals surface area (Å²) in [6, 6.07) is 19.9.